The first-order chi connectivity index (χ1) is 6.77. The van der Waals surface area contributed by atoms with E-state index >= 15 is 0 Å². The third-order valence-corrected chi connectivity index (χ3v) is 2.77. The Kier molecular flexibility index (Phi) is 2.59. The zero-order valence-electron chi connectivity index (χ0n) is 8.31. The maximum Gasteiger partial charge on any atom is 0.151 e. The van der Waals surface area contributed by atoms with Crippen molar-refractivity contribution in [1.82, 2.24) is 9.88 Å². The second-order valence-electron chi connectivity index (χ2n) is 3.78. The molecule has 0 amide bonds. The van der Waals surface area contributed by atoms with Crippen LogP contribution >= 0.6 is 0 Å². The maximum absolute atomic E-state index is 11.5. The summed E-state index contributed by atoms with van der Waals surface area (Å²) in [5.74, 6) is 0.358. The van der Waals surface area contributed by atoms with Crippen molar-refractivity contribution in [2.75, 3.05) is 13.6 Å². The maximum atomic E-state index is 11.5. The van der Waals surface area contributed by atoms with Crippen LogP contribution in [0.5, 0.6) is 0 Å². The number of likely N-dealkylation sites (tertiary alicyclic amines) is 1. The molecule has 0 bridgehead atoms. The van der Waals surface area contributed by atoms with E-state index in [4.69, 9.17) is 0 Å². The number of hydrogen-bond donors (Lipinski definition) is 0. The lowest BCUT2D eigenvalue weighted by molar-refractivity contribution is -0.119. The van der Waals surface area contributed by atoms with Crippen molar-refractivity contribution < 1.29 is 4.79 Å². The smallest absolute Gasteiger partial charge is 0.151 e. The highest BCUT2D eigenvalue weighted by Gasteiger charge is 2.29. The van der Waals surface area contributed by atoms with Crippen molar-refractivity contribution >= 4 is 5.78 Å². The topological polar surface area (TPSA) is 33.2 Å². The minimum atomic E-state index is 0.0687. The quantitative estimate of drug-likeness (QED) is 0.694. The molecule has 2 rings (SSSR count). The summed E-state index contributed by atoms with van der Waals surface area (Å²) in [6.07, 6.45) is 5.08. The van der Waals surface area contributed by atoms with Crippen molar-refractivity contribution in [1.29, 1.82) is 0 Å². The molecule has 0 radical (unpaired) electrons. The van der Waals surface area contributed by atoms with E-state index in [1.165, 1.54) is 0 Å². The van der Waals surface area contributed by atoms with Crippen LogP contribution in [0.2, 0.25) is 0 Å². The molecule has 1 aliphatic heterocycles. The molecule has 1 aromatic heterocycles. The fourth-order valence-corrected chi connectivity index (χ4v) is 1.87. The van der Waals surface area contributed by atoms with Crippen molar-refractivity contribution in [3.63, 3.8) is 0 Å². The molecule has 1 unspecified atom stereocenters. The lowest BCUT2D eigenvalue weighted by atomic mass is 10.1. The monoisotopic (exact) mass is 190 g/mol. The van der Waals surface area contributed by atoms with Gasteiger partial charge in [0.05, 0.1) is 6.04 Å². The average Bonchev–Trinajstić information content (AvgIpc) is 2.51. The first-order valence-corrected chi connectivity index (χ1v) is 4.89. The lowest BCUT2D eigenvalue weighted by Gasteiger charge is -2.17. The van der Waals surface area contributed by atoms with Gasteiger partial charge < -0.3 is 0 Å². The number of likely N-dealkylation sites (N-methyl/N-ethyl adjacent to an activating group) is 1. The molecule has 14 heavy (non-hydrogen) atoms. The molecule has 0 aromatic carbocycles. The molecule has 2 heterocycles. The van der Waals surface area contributed by atoms with Gasteiger partial charge >= 0.3 is 0 Å². The predicted octanol–water partition coefficient (Wildman–Crippen LogP) is 0.897. The van der Waals surface area contributed by atoms with Gasteiger partial charge in [-0.25, -0.2) is 0 Å². The Morgan fingerprint density at radius 2 is 2.50 bits per heavy atom. The summed E-state index contributed by atoms with van der Waals surface area (Å²) in [7, 11) is 2.01. The third-order valence-electron chi connectivity index (χ3n) is 2.77. The number of rotatable bonds is 2. The third kappa shape index (κ3) is 1.82. The molecule has 74 valence electrons. The zero-order valence-corrected chi connectivity index (χ0v) is 8.31. The van der Waals surface area contributed by atoms with Gasteiger partial charge in [-0.2, -0.15) is 0 Å². The van der Waals surface area contributed by atoms with Crippen LogP contribution in [0.1, 0.15) is 12.0 Å². The van der Waals surface area contributed by atoms with Crippen molar-refractivity contribution in [3.8, 4) is 0 Å². The molecule has 3 heteroatoms. The van der Waals surface area contributed by atoms with Crippen LogP contribution in [-0.4, -0.2) is 35.3 Å². The highest BCUT2D eigenvalue weighted by molar-refractivity contribution is 5.86. The Morgan fingerprint density at radius 1 is 1.64 bits per heavy atom. The van der Waals surface area contributed by atoms with Crippen molar-refractivity contribution in [3.05, 3.63) is 30.1 Å². The SMILES string of the molecule is CN1CCC(=O)C1Cc1cccnc1. The number of nitrogens with zero attached hydrogens (tertiary/aromatic N) is 2. The van der Waals surface area contributed by atoms with E-state index in [2.05, 4.69) is 9.88 Å². The van der Waals surface area contributed by atoms with Gasteiger partial charge in [0.25, 0.3) is 0 Å². The van der Waals surface area contributed by atoms with Gasteiger partial charge in [0.1, 0.15) is 0 Å². The average molecular weight is 190 g/mol. The summed E-state index contributed by atoms with van der Waals surface area (Å²) in [4.78, 5) is 17.7. The largest absolute Gasteiger partial charge is 0.298 e. The molecule has 3 nitrogen and oxygen atoms in total. The van der Waals surface area contributed by atoms with Crippen LogP contribution < -0.4 is 0 Å². The van der Waals surface area contributed by atoms with Crippen LogP contribution in [0.4, 0.5) is 0 Å². The summed E-state index contributed by atoms with van der Waals surface area (Å²) in [5.41, 5.74) is 1.14. The van der Waals surface area contributed by atoms with E-state index in [1.54, 1.807) is 6.20 Å². The van der Waals surface area contributed by atoms with Crippen LogP contribution in [0, 0.1) is 0 Å². The summed E-state index contributed by atoms with van der Waals surface area (Å²) in [5, 5.41) is 0. The number of Topliss-reactive ketones (excluding diaryl/α,β-unsaturated/α-hetero) is 1. The number of ketones is 1. The first-order valence-electron chi connectivity index (χ1n) is 4.89. The molecule has 0 spiro atoms. The molecule has 1 aliphatic rings. The number of hydrogen-bond acceptors (Lipinski definition) is 3. The second-order valence-corrected chi connectivity index (χ2v) is 3.78. The molecule has 1 fully saturated rings. The highest BCUT2D eigenvalue weighted by Crippen LogP contribution is 2.15. The van der Waals surface area contributed by atoms with E-state index in [9.17, 15) is 4.79 Å². The number of carbonyl (C=O) groups is 1. The molecule has 1 aromatic rings. The van der Waals surface area contributed by atoms with Crippen molar-refractivity contribution in [2.24, 2.45) is 0 Å². The van der Waals surface area contributed by atoms with Crippen molar-refractivity contribution in [2.45, 2.75) is 18.9 Å². The van der Waals surface area contributed by atoms with Gasteiger partial charge in [0.2, 0.25) is 0 Å². The van der Waals surface area contributed by atoms with Gasteiger partial charge in [0.15, 0.2) is 5.78 Å². The van der Waals surface area contributed by atoms with E-state index in [1.807, 2.05) is 25.4 Å². The zero-order chi connectivity index (χ0) is 9.97. The summed E-state index contributed by atoms with van der Waals surface area (Å²) >= 11 is 0. The lowest BCUT2D eigenvalue weighted by Crippen LogP contribution is -2.31. The Morgan fingerprint density at radius 3 is 3.07 bits per heavy atom. The van der Waals surface area contributed by atoms with E-state index < -0.39 is 0 Å². The van der Waals surface area contributed by atoms with Gasteiger partial charge in [-0.1, -0.05) is 6.07 Å². The molecule has 1 atom stereocenters. The Hall–Kier alpha value is -1.22. The number of pyridine rings is 1. The second kappa shape index (κ2) is 3.88. The minimum Gasteiger partial charge on any atom is -0.298 e. The van der Waals surface area contributed by atoms with Gasteiger partial charge in [-0.15, -0.1) is 0 Å². The molecule has 0 aliphatic carbocycles. The number of carbonyl (C=O) groups excluding carboxylic acids is 1. The minimum absolute atomic E-state index is 0.0687. The van der Waals surface area contributed by atoms with Crippen LogP contribution in [0.25, 0.3) is 0 Å². The van der Waals surface area contributed by atoms with Crippen LogP contribution in [-0.2, 0) is 11.2 Å². The van der Waals surface area contributed by atoms with Gasteiger partial charge in [-0.3, -0.25) is 14.7 Å². The molecule has 0 saturated carbocycles. The summed E-state index contributed by atoms with van der Waals surface area (Å²) in [6.45, 7) is 0.893. The summed E-state index contributed by atoms with van der Waals surface area (Å²) in [6, 6.07) is 4.00. The fraction of sp³-hybridized carbons (Fsp3) is 0.455. The molecule has 0 N–H and O–H groups in total. The Labute approximate surface area is 83.8 Å². The highest BCUT2D eigenvalue weighted by atomic mass is 16.1. The summed E-state index contributed by atoms with van der Waals surface area (Å²) < 4.78 is 0. The standard InChI is InChI=1S/C11H14N2O/c1-13-6-4-11(14)10(13)7-9-3-2-5-12-8-9/h2-3,5,8,10H,4,6-7H2,1H3. The Balaban J connectivity index is 2.07. The van der Waals surface area contributed by atoms with Crippen LogP contribution in [0.3, 0.4) is 0 Å². The normalized spacial score (nSPS) is 22.9. The van der Waals surface area contributed by atoms with E-state index in [-0.39, 0.29) is 6.04 Å². The first kappa shape index (κ1) is 9.34. The fourth-order valence-electron chi connectivity index (χ4n) is 1.87. The number of aromatic nitrogens is 1. The van der Waals surface area contributed by atoms with Crippen LogP contribution in [0.15, 0.2) is 24.5 Å². The predicted molar refractivity (Wildman–Crippen MR) is 54.0 cm³/mol. The van der Waals surface area contributed by atoms with E-state index in [0.717, 1.165) is 18.5 Å². The molecule has 1 saturated heterocycles. The Bertz CT molecular complexity index is 323. The van der Waals surface area contributed by atoms with Gasteiger partial charge in [0, 0.05) is 25.4 Å². The molecular weight excluding hydrogens is 176 g/mol. The molecular formula is C11H14N2O. The van der Waals surface area contributed by atoms with E-state index in [0.29, 0.717) is 12.2 Å². The van der Waals surface area contributed by atoms with Gasteiger partial charge in [-0.05, 0) is 25.1 Å².